The van der Waals surface area contributed by atoms with Gasteiger partial charge in [0.15, 0.2) is 0 Å². The van der Waals surface area contributed by atoms with Gasteiger partial charge in [-0.2, -0.15) is 0 Å². The summed E-state index contributed by atoms with van der Waals surface area (Å²) in [7, 11) is 0. The second kappa shape index (κ2) is 4.99. The Morgan fingerprint density at radius 2 is 1.88 bits per heavy atom. The Labute approximate surface area is 94.4 Å². The summed E-state index contributed by atoms with van der Waals surface area (Å²) in [4.78, 5) is 13.3. The molecule has 0 spiro atoms. The van der Waals surface area contributed by atoms with Crippen LogP contribution < -0.4 is 4.74 Å². The predicted octanol–water partition coefficient (Wildman–Crippen LogP) is 1.64. The van der Waals surface area contributed by atoms with E-state index in [4.69, 9.17) is 4.74 Å². The van der Waals surface area contributed by atoms with Crippen molar-refractivity contribution < 1.29 is 14.6 Å². The lowest BCUT2D eigenvalue weighted by Crippen LogP contribution is -2.41. The second-order valence-electron chi connectivity index (χ2n) is 3.90. The van der Waals surface area contributed by atoms with Gasteiger partial charge in [0.2, 0.25) is 0 Å². The number of aliphatic hydroxyl groups is 1. The largest absolute Gasteiger partial charge is 0.415 e. The highest BCUT2D eigenvalue weighted by molar-refractivity contribution is 5.70. The van der Waals surface area contributed by atoms with E-state index in [1.807, 2.05) is 18.2 Å². The fraction of sp³-hybridized carbons (Fsp3) is 0.417. The lowest BCUT2D eigenvalue weighted by atomic mass is 10.1. The number of piperidine rings is 1. The van der Waals surface area contributed by atoms with Crippen molar-refractivity contribution in [2.24, 2.45) is 0 Å². The van der Waals surface area contributed by atoms with Crippen LogP contribution in [0.3, 0.4) is 0 Å². The van der Waals surface area contributed by atoms with E-state index in [1.165, 1.54) is 0 Å². The number of carbonyl (C=O) groups excluding carboxylic acids is 1. The minimum Gasteiger partial charge on any atom is -0.410 e. The Morgan fingerprint density at radius 1 is 1.25 bits per heavy atom. The van der Waals surface area contributed by atoms with Crippen molar-refractivity contribution in [1.29, 1.82) is 0 Å². The normalized spacial score (nSPS) is 17.2. The zero-order valence-corrected chi connectivity index (χ0v) is 9.00. The van der Waals surface area contributed by atoms with Gasteiger partial charge in [-0.3, -0.25) is 0 Å². The molecule has 1 fully saturated rings. The van der Waals surface area contributed by atoms with Crippen LogP contribution in [0.1, 0.15) is 12.8 Å². The predicted molar refractivity (Wildman–Crippen MR) is 59.3 cm³/mol. The van der Waals surface area contributed by atoms with Crippen LogP contribution in [0.2, 0.25) is 0 Å². The average Bonchev–Trinajstić information content (AvgIpc) is 2.31. The molecule has 0 aromatic heterocycles. The maximum atomic E-state index is 11.7. The maximum absolute atomic E-state index is 11.7. The third-order valence-corrected chi connectivity index (χ3v) is 2.67. The number of ether oxygens (including phenoxy) is 1. The van der Waals surface area contributed by atoms with E-state index in [2.05, 4.69) is 0 Å². The molecule has 0 atom stereocenters. The molecule has 1 saturated heterocycles. The summed E-state index contributed by atoms with van der Waals surface area (Å²) >= 11 is 0. The number of nitrogens with zero attached hydrogens (tertiary/aromatic N) is 1. The average molecular weight is 221 g/mol. The van der Waals surface area contributed by atoms with Crippen molar-refractivity contribution in [3.05, 3.63) is 30.3 Å². The molecule has 86 valence electrons. The molecule has 4 nitrogen and oxygen atoms in total. The maximum Gasteiger partial charge on any atom is 0.415 e. The monoisotopic (exact) mass is 221 g/mol. The van der Waals surface area contributed by atoms with E-state index in [9.17, 15) is 9.90 Å². The Morgan fingerprint density at radius 3 is 2.50 bits per heavy atom. The van der Waals surface area contributed by atoms with Crippen molar-refractivity contribution in [3.8, 4) is 5.75 Å². The third kappa shape index (κ3) is 2.73. The van der Waals surface area contributed by atoms with Crippen LogP contribution in [0.25, 0.3) is 0 Å². The third-order valence-electron chi connectivity index (χ3n) is 2.67. The van der Waals surface area contributed by atoms with Crippen molar-refractivity contribution >= 4 is 6.09 Å². The summed E-state index contributed by atoms with van der Waals surface area (Å²) in [6, 6.07) is 9.01. The Kier molecular flexibility index (Phi) is 3.41. The van der Waals surface area contributed by atoms with Crippen molar-refractivity contribution in [2.75, 3.05) is 13.1 Å². The van der Waals surface area contributed by atoms with Crippen LogP contribution in [0, 0.1) is 0 Å². The molecule has 4 heteroatoms. The first kappa shape index (κ1) is 11.0. The van der Waals surface area contributed by atoms with Gasteiger partial charge in [0.25, 0.3) is 0 Å². The molecule has 16 heavy (non-hydrogen) atoms. The first-order valence-corrected chi connectivity index (χ1v) is 5.45. The minimum absolute atomic E-state index is 0.277. The van der Waals surface area contributed by atoms with Gasteiger partial charge < -0.3 is 14.7 Å². The van der Waals surface area contributed by atoms with Crippen LogP contribution in [0.4, 0.5) is 4.79 Å². The van der Waals surface area contributed by atoms with E-state index in [0.29, 0.717) is 31.7 Å². The molecular weight excluding hydrogens is 206 g/mol. The molecule has 0 aliphatic carbocycles. The molecule has 2 rings (SSSR count). The van der Waals surface area contributed by atoms with Crippen LogP contribution >= 0.6 is 0 Å². The van der Waals surface area contributed by atoms with Crippen molar-refractivity contribution in [3.63, 3.8) is 0 Å². The van der Waals surface area contributed by atoms with Gasteiger partial charge in [-0.25, -0.2) is 4.79 Å². The molecule has 0 saturated carbocycles. The van der Waals surface area contributed by atoms with E-state index >= 15 is 0 Å². The number of amides is 1. The highest BCUT2D eigenvalue weighted by Gasteiger charge is 2.22. The second-order valence-corrected chi connectivity index (χ2v) is 3.90. The van der Waals surface area contributed by atoms with Gasteiger partial charge in [0, 0.05) is 13.1 Å². The molecule has 1 heterocycles. The summed E-state index contributed by atoms with van der Waals surface area (Å²) in [5.74, 6) is 0.554. The fourth-order valence-electron chi connectivity index (χ4n) is 1.70. The van der Waals surface area contributed by atoms with Gasteiger partial charge in [0.05, 0.1) is 6.10 Å². The van der Waals surface area contributed by atoms with Gasteiger partial charge in [0.1, 0.15) is 5.75 Å². The number of hydrogen-bond donors (Lipinski definition) is 1. The van der Waals surface area contributed by atoms with Gasteiger partial charge in [-0.05, 0) is 25.0 Å². The van der Waals surface area contributed by atoms with E-state index in [0.717, 1.165) is 0 Å². The SMILES string of the molecule is O=C(Oc1ccccc1)N1CCC(O)CC1. The zero-order valence-electron chi connectivity index (χ0n) is 9.00. The minimum atomic E-state index is -0.335. The molecular formula is C12H15NO3. The Balaban J connectivity index is 1.89. The number of carbonyl (C=O) groups is 1. The fourth-order valence-corrected chi connectivity index (χ4v) is 1.70. The molecule has 1 amide bonds. The smallest absolute Gasteiger partial charge is 0.410 e. The Hall–Kier alpha value is -1.55. The van der Waals surface area contributed by atoms with Crippen LogP contribution in [-0.4, -0.2) is 35.3 Å². The molecule has 0 unspecified atom stereocenters. The summed E-state index contributed by atoms with van der Waals surface area (Å²) < 4.78 is 5.19. The quantitative estimate of drug-likeness (QED) is 0.784. The number of benzene rings is 1. The molecule has 1 aromatic rings. The lowest BCUT2D eigenvalue weighted by molar-refractivity contribution is 0.0798. The van der Waals surface area contributed by atoms with E-state index in [-0.39, 0.29) is 12.2 Å². The number of likely N-dealkylation sites (tertiary alicyclic amines) is 1. The van der Waals surface area contributed by atoms with Gasteiger partial charge in [-0.1, -0.05) is 18.2 Å². The van der Waals surface area contributed by atoms with Crippen LogP contribution in [0.15, 0.2) is 30.3 Å². The first-order valence-electron chi connectivity index (χ1n) is 5.45. The highest BCUT2D eigenvalue weighted by atomic mass is 16.6. The lowest BCUT2D eigenvalue weighted by Gasteiger charge is -2.28. The molecule has 1 N–H and O–H groups in total. The first-order chi connectivity index (χ1) is 7.75. The van der Waals surface area contributed by atoms with Gasteiger partial charge in [-0.15, -0.1) is 0 Å². The highest BCUT2D eigenvalue weighted by Crippen LogP contribution is 2.14. The molecule has 1 aromatic carbocycles. The molecule has 0 bridgehead atoms. The number of aliphatic hydroxyl groups excluding tert-OH is 1. The van der Waals surface area contributed by atoms with Crippen LogP contribution in [0.5, 0.6) is 5.75 Å². The van der Waals surface area contributed by atoms with Crippen molar-refractivity contribution in [2.45, 2.75) is 18.9 Å². The van der Waals surface area contributed by atoms with Crippen LogP contribution in [-0.2, 0) is 0 Å². The van der Waals surface area contributed by atoms with E-state index < -0.39 is 0 Å². The van der Waals surface area contributed by atoms with Crippen molar-refractivity contribution in [1.82, 2.24) is 4.90 Å². The summed E-state index contributed by atoms with van der Waals surface area (Å²) in [6.07, 6.45) is 0.646. The summed E-state index contributed by atoms with van der Waals surface area (Å²) in [6.45, 7) is 1.12. The number of rotatable bonds is 1. The molecule has 1 aliphatic rings. The standard InChI is InChI=1S/C12H15NO3/c14-10-6-8-13(9-7-10)12(15)16-11-4-2-1-3-5-11/h1-5,10,14H,6-9H2. The zero-order chi connectivity index (χ0) is 11.4. The topological polar surface area (TPSA) is 49.8 Å². The van der Waals surface area contributed by atoms with E-state index in [1.54, 1.807) is 17.0 Å². The summed E-state index contributed by atoms with van der Waals surface area (Å²) in [5, 5.41) is 9.32. The number of hydrogen-bond acceptors (Lipinski definition) is 3. The molecule has 0 radical (unpaired) electrons. The van der Waals surface area contributed by atoms with Gasteiger partial charge >= 0.3 is 6.09 Å². The number of para-hydroxylation sites is 1. The summed E-state index contributed by atoms with van der Waals surface area (Å²) in [5.41, 5.74) is 0. The Bertz CT molecular complexity index is 345. The molecule has 1 aliphatic heterocycles.